The molecule has 1 aromatic carbocycles. The first kappa shape index (κ1) is 14.0. The third-order valence-electron chi connectivity index (χ3n) is 2.51. The van der Waals surface area contributed by atoms with Gasteiger partial charge in [-0.2, -0.15) is 0 Å². The van der Waals surface area contributed by atoms with Crippen LogP contribution in [0.2, 0.25) is 0 Å². The molecule has 1 rings (SSSR count). The van der Waals surface area contributed by atoms with Crippen molar-refractivity contribution >= 4 is 27.5 Å². The molecule has 0 radical (unpaired) electrons. The van der Waals surface area contributed by atoms with Gasteiger partial charge in [0.25, 0.3) is 5.91 Å². The van der Waals surface area contributed by atoms with Crippen LogP contribution >= 0.6 is 15.9 Å². The van der Waals surface area contributed by atoms with Crippen LogP contribution in [-0.4, -0.2) is 24.2 Å². The Bertz CT molecular complexity index is 396. The molecule has 1 aromatic rings. The predicted octanol–water partition coefficient (Wildman–Crippen LogP) is 1.78. The second-order valence-corrected chi connectivity index (χ2v) is 4.83. The van der Waals surface area contributed by atoms with Crippen molar-refractivity contribution in [2.45, 2.75) is 13.3 Å². The van der Waals surface area contributed by atoms with Gasteiger partial charge in [-0.1, -0.05) is 13.0 Å². The molecule has 0 heterocycles. The molecule has 0 saturated heterocycles. The smallest absolute Gasteiger partial charge is 0.252 e. The number of hydrogen-bond acceptors (Lipinski definition) is 3. The van der Waals surface area contributed by atoms with Gasteiger partial charge in [0.1, 0.15) is 0 Å². The third kappa shape index (κ3) is 4.02. The van der Waals surface area contributed by atoms with E-state index in [2.05, 4.69) is 21.2 Å². The minimum atomic E-state index is -0.158. The standard InChI is InChI=1S/C12H17BrN2O2/c1-8(5-6-16)7-15-12(17)9-3-2-4-10(14)11(9)13/h2-4,8,16H,5-7,14H2,1H3,(H,15,17). The molecule has 0 fully saturated rings. The molecular weight excluding hydrogens is 284 g/mol. The summed E-state index contributed by atoms with van der Waals surface area (Å²) < 4.78 is 0.618. The van der Waals surface area contributed by atoms with E-state index >= 15 is 0 Å². The molecule has 94 valence electrons. The highest BCUT2D eigenvalue weighted by atomic mass is 79.9. The number of aliphatic hydroxyl groups is 1. The first-order valence-electron chi connectivity index (χ1n) is 5.49. The Hall–Kier alpha value is -1.07. The van der Waals surface area contributed by atoms with E-state index in [0.29, 0.717) is 28.7 Å². The summed E-state index contributed by atoms with van der Waals surface area (Å²) in [7, 11) is 0. The average Bonchev–Trinajstić information content (AvgIpc) is 2.30. The molecule has 5 heteroatoms. The van der Waals surface area contributed by atoms with Crippen molar-refractivity contribution < 1.29 is 9.90 Å². The summed E-state index contributed by atoms with van der Waals surface area (Å²) in [5.41, 5.74) is 6.77. The van der Waals surface area contributed by atoms with Crippen LogP contribution in [0.3, 0.4) is 0 Å². The van der Waals surface area contributed by atoms with E-state index in [1.54, 1.807) is 18.2 Å². The maximum Gasteiger partial charge on any atom is 0.252 e. The van der Waals surface area contributed by atoms with Gasteiger partial charge < -0.3 is 16.2 Å². The lowest BCUT2D eigenvalue weighted by Crippen LogP contribution is -2.29. The summed E-state index contributed by atoms with van der Waals surface area (Å²) in [5, 5.41) is 11.6. The van der Waals surface area contributed by atoms with Crippen LogP contribution in [0.4, 0.5) is 5.69 Å². The first-order valence-corrected chi connectivity index (χ1v) is 6.28. The number of benzene rings is 1. The average molecular weight is 301 g/mol. The largest absolute Gasteiger partial charge is 0.398 e. The zero-order valence-corrected chi connectivity index (χ0v) is 11.3. The predicted molar refractivity (Wildman–Crippen MR) is 71.8 cm³/mol. The van der Waals surface area contributed by atoms with Crippen LogP contribution in [-0.2, 0) is 0 Å². The van der Waals surface area contributed by atoms with Gasteiger partial charge in [-0.25, -0.2) is 0 Å². The monoisotopic (exact) mass is 300 g/mol. The first-order chi connectivity index (χ1) is 8.06. The Kier molecular flexibility index (Phi) is 5.44. The highest BCUT2D eigenvalue weighted by molar-refractivity contribution is 9.10. The minimum absolute atomic E-state index is 0.138. The molecule has 17 heavy (non-hydrogen) atoms. The van der Waals surface area contributed by atoms with E-state index in [1.165, 1.54) is 0 Å². The van der Waals surface area contributed by atoms with Crippen LogP contribution in [0.1, 0.15) is 23.7 Å². The van der Waals surface area contributed by atoms with Gasteiger partial charge in [-0.3, -0.25) is 4.79 Å². The summed E-state index contributed by atoms with van der Waals surface area (Å²) >= 11 is 3.29. The highest BCUT2D eigenvalue weighted by Crippen LogP contribution is 2.23. The van der Waals surface area contributed by atoms with Crippen molar-refractivity contribution in [3.05, 3.63) is 28.2 Å². The van der Waals surface area contributed by atoms with E-state index < -0.39 is 0 Å². The zero-order chi connectivity index (χ0) is 12.8. The van der Waals surface area contributed by atoms with E-state index in [0.717, 1.165) is 0 Å². The Labute approximate surface area is 109 Å². The van der Waals surface area contributed by atoms with Crippen LogP contribution in [0.15, 0.2) is 22.7 Å². The molecule has 0 bridgehead atoms. The fourth-order valence-electron chi connectivity index (χ4n) is 1.41. The molecule has 0 spiro atoms. The summed E-state index contributed by atoms with van der Waals surface area (Å²) in [6.07, 6.45) is 0.679. The molecule has 0 aliphatic rings. The molecule has 0 aliphatic heterocycles. The Morgan fingerprint density at radius 3 is 2.94 bits per heavy atom. The second kappa shape index (κ2) is 6.61. The molecule has 4 N–H and O–H groups in total. The number of carbonyl (C=O) groups excluding carboxylic acids is 1. The Morgan fingerprint density at radius 2 is 2.29 bits per heavy atom. The van der Waals surface area contributed by atoms with Crippen molar-refractivity contribution in [2.75, 3.05) is 18.9 Å². The number of nitrogen functional groups attached to an aromatic ring is 1. The molecule has 0 aliphatic carbocycles. The van der Waals surface area contributed by atoms with Gasteiger partial charge in [-0.15, -0.1) is 0 Å². The molecule has 0 aromatic heterocycles. The van der Waals surface area contributed by atoms with Crippen LogP contribution in [0.25, 0.3) is 0 Å². The fourth-order valence-corrected chi connectivity index (χ4v) is 1.85. The number of nitrogens with one attached hydrogen (secondary N) is 1. The number of hydrogen-bond donors (Lipinski definition) is 3. The highest BCUT2D eigenvalue weighted by Gasteiger charge is 2.12. The maximum atomic E-state index is 11.9. The zero-order valence-electron chi connectivity index (χ0n) is 9.74. The van der Waals surface area contributed by atoms with E-state index in [-0.39, 0.29) is 18.4 Å². The van der Waals surface area contributed by atoms with Gasteiger partial charge in [0, 0.05) is 18.8 Å². The van der Waals surface area contributed by atoms with Crippen LogP contribution in [0, 0.1) is 5.92 Å². The molecule has 1 atom stereocenters. The topological polar surface area (TPSA) is 75.3 Å². The molecular formula is C12H17BrN2O2. The summed E-state index contributed by atoms with van der Waals surface area (Å²) in [5.74, 6) is 0.0951. The van der Waals surface area contributed by atoms with Gasteiger partial charge >= 0.3 is 0 Å². The third-order valence-corrected chi connectivity index (χ3v) is 3.39. The van der Waals surface area contributed by atoms with Gasteiger partial charge in [0.15, 0.2) is 0 Å². The lowest BCUT2D eigenvalue weighted by atomic mass is 10.1. The minimum Gasteiger partial charge on any atom is -0.398 e. The Morgan fingerprint density at radius 1 is 1.59 bits per heavy atom. The second-order valence-electron chi connectivity index (χ2n) is 4.04. The normalized spacial score (nSPS) is 12.2. The van der Waals surface area contributed by atoms with Gasteiger partial charge in [0.2, 0.25) is 0 Å². The van der Waals surface area contributed by atoms with E-state index in [9.17, 15) is 4.79 Å². The molecule has 0 saturated carbocycles. The number of nitrogens with two attached hydrogens (primary N) is 1. The van der Waals surface area contributed by atoms with Crippen molar-refractivity contribution in [1.82, 2.24) is 5.32 Å². The number of aliphatic hydroxyl groups excluding tert-OH is 1. The van der Waals surface area contributed by atoms with Crippen LogP contribution in [0.5, 0.6) is 0 Å². The van der Waals surface area contributed by atoms with E-state index in [1.807, 2.05) is 6.92 Å². The fraction of sp³-hybridized carbons (Fsp3) is 0.417. The van der Waals surface area contributed by atoms with Crippen molar-refractivity contribution in [3.63, 3.8) is 0 Å². The summed E-state index contributed by atoms with van der Waals surface area (Å²) in [4.78, 5) is 11.9. The number of rotatable bonds is 5. The van der Waals surface area contributed by atoms with Gasteiger partial charge in [-0.05, 0) is 40.4 Å². The summed E-state index contributed by atoms with van der Waals surface area (Å²) in [6, 6.07) is 5.19. The Balaban J connectivity index is 2.61. The summed E-state index contributed by atoms with van der Waals surface area (Å²) in [6.45, 7) is 2.66. The lowest BCUT2D eigenvalue weighted by Gasteiger charge is -2.12. The van der Waals surface area contributed by atoms with Crippen molar-refractivity contribution in [2.24, 2.45) is 5.92 Å². The van der Waals surface area contributed by atoms with E-state index in [4.69, 9.17) is 10.8 Å². The van der Waals surface area contributed by atoms with Gasteiger partial charge in [0.05, 0.1) is 10.0 Å². The number of carbonyl (C=O) groups is 1. The molecule has 4 nitrogen and oxygen atoms in total. The lowest BCUT2D eigenvalue weighted by molar-refractivity contribution is 0.0944. The van der Waals surface area contributed by atoms with Crippen LogP contribution < -0.4 is 11.1 Å². The molecule has 1 unspecified atom stereocenters. The maximum absolute atomic E-state index is 11.9. The van der Waals surface area contributed by atoms with Crippen molar-refractivity contribution in [3.8, 4) is 0 Å². The number of halogens is 1. The number of amides is 1. The number of anilines is 1. The van der Waals surface area contributed by atoms with Crippen molar-refractivity contribution in [1.29, 1.82) is 0 Å². The quantitative estimate of drug-likeness (QED) is 0.726. The molecule has 1 amide bonds. The SMILES string of the molecule is CC(CCO)CNC(=O)c1cccc(N)c1Br.